The lowest BCUT2D eigenvalue weighted by Crippen LogP contribution is -2.09. The van der Waals surface area contributed by atoms with Crippen LogP contribution < -0.4 is 10.1 Å². The zero-order valence-corrected chi connectivity index (χ0v) is 17.7. The molecule has 1 N–H and O–H groups in total. The Morgan fingerprint density at radius 1 is 1.03 bits per heavy atom. The van der Waals surface area contributed by atoms with Crippen LogP contribution in [0.5, 0.6) is 5.75 Å². The summed E-state index contributed by atoms with van der Waals surface area (Å²) in [4.78, 5) is 0. The van der Waals surface area contributed by atoms with Gasteiger partial charge in [0.2, 0.25) is 0 Å². The molecule has 0 atom stereocenters. The van der Waals surface area contributed by atoms with Crippen LogP contribution in [0.4, 0.5) is 5.82 Å². The van der Waals surface area contributed by atoms with Crippen molar-refractivity contribution in [1.82, 2.24) is 9.78 Å². The monoisotopic (exact) mass is 389 g/mol. The molecule has 3 aromatic rings. The minimum Gasteiger partial charge on any atom is -0.497 e. The van der Waals surface area contributed by atoms with Crippen molar-refractivity contribution in [3.8, 4) is 11.4 Å². The summed E-state index contributed by atoms with van der Waals surface area (Å²) in [6, 6.07) is 17.0. The van der Waals surface area contributed by atoms with Crippen LogP contribution in [0.1, 0.15) is 55.0 Å². The Morgan fingerprint density at radius 2 is 1.83 bits per heavy atom. The maximum Gasteiger partial charge on any atom is 0.133 e. The van der Waals surface area contributed by atoms with Gasteiger partial charge >= 0.3 is 0 Å². The van der Waals surface area contributed by atoms with E-state index in [9.17, 15) is 0 Å². The van der Waals surface area contributed by atoms with Crippen molar-refractivity contribution < 1.29 is 4.74 Å². The topological polar surface area (TPSA) is 39.1 Å². The zero-order valence-electron chi connectivity index (χ0n) is 17.7. The lowest BCUT2D eigenvalue weighted by molar-refractivity contribution is 0.414. The highest BCUT2D eigenvalue weighted by molar-refractivity contribution is 5.56. The van der Waals surface area contributed by atoms with Crippen LogP contribution in [-0.2, 0) is 19.3 Å². The Morgan fingerprint density at radius 3 is 2.59 bits per heavy atom. The summed E-state index contributed by atoms with van der Waals surface area (Å²) < 4.78 is 7.45. The van der Waals surface area contributed by atoms with E-state index < -0.39 is 0 Å². The molecule has 0 saturated heterocycles. The van der Waals surface area contributed by atoms with Crippen molar-refractivity contribution in [1.29, 1.82) is 0 Å². The first-order chi connectivity index (χ1) is 14.2. The number of anilines is 1. The molecule has 4 heteroatoms. The maximum atomic E-state index is 5.28. The Labute approximate surface area is 173 Å². The van der Waals surface area contributed by atoms with Gasteiger partial charge in [0.15, 0.2) is 0 Å². The highest BCUT2D eigenvalue weighted by atomic mass is 16.5. The fourth-order valence-corrected chi connectivity index (χ4v) is 4.17. The quantitative estimate of drug-likeness (QED) is 0.602. The largest absolute Gasteiger partial charge is 0.497 e. The number of ether oxygens (including phenoxy) is 1. The lowest BCUT2D eigenvalue weighted by atomic mass is 10.0. The summed E-state index contributed by atoms with van der Waals surface area (Å²) in [7, 11) is 1.71. The van der Waals surface area contributed by atoms with Gasteiger partial charge in [-0.1, -0.05) is 44.2 Å². The van der Waals surface area contributed by atoms with Crippen LogP contribution >= 0.6 is 0 Å². The van der Waals surface area contributed by atoms with Crippen molar-refractivity contribution in [3.63, 3.8) is 0 Å². The van der Waals surface area contributed by atoms with E-state index in [1.165, 1.54) is 46.7 Å². The predicted molar refractivity (Wildman–Crippen MR) is 119 cm³/mol. The van der Waals surface area contributed by atoms with E-state index in [1.54, 1.807) is 7.11 Å². The van der Waals surface area contributed by atoms with Crippen LogP contribution in [0.15, 0.2) is 48.5 Å². The molecule has 29 heavy (non-hydrogen) atoms. The van der Waals surface area contributed by atoms with Gasteiger partial charge in [0, 0.05) is 12.1 Å². The van der Waals surface area contributed by atoms with Gasteiger partial charge in [-0.2, -0.15) is 5.10 Å². The predicted octanol–water partition coefficient (Wildman–Crippen LogP) is 5.54. The summed E-state index contributed by atoms with van der Waals surface area (Å²) >= 11 is 0. The van der Waals surface area contributed by atoms with E-state index in [0.717, 1.165) is 31.6 Å². The van der Waals surface area contributed by atoms with Gasteiger partial charge in [0.1, 0.15) is 11.6 Å². The van der Waals surface area contributed by atoms with E-state index in [2.05, 4.69) is 60.2 Å². The minimum absolute atomic E-state index is 0.458. The fourth-order valence-electron chi connectivity index (χ4n) is 4.17. The molecule has 0 spiro atoms. The van der Waals surface area contributed by atoms with Gasteiger partial charge in [-0.15, -0.1) is 0 Å². The van der Waals surface area contributed by atoms with Crippen molar-refractivity contribution in [2.24, 2.45) is 0 Å². The summed E-state index contributed by atoms with van der Waals surface area (Å²) in [5.41, 5.74) is 6.48. The number of nitrogens with one attached hydrogen (secondary N) is 1. The Hall–Kier alpha value is -2.75. The first-order valence-corrected chi connectivity index (χ1v) is 10.7. The first kappa shape index (κ1) is 19.6. The molecule has 0 aliphatic carbocycles. The highest BCUT2D eigenvalue weighted by Gasteiger charge is 2.22. The van der Waals surface area contributed by atoms with E-state index in [4.69, 9.17) is 9.84 Å². The van der Waals surface area contributed by atoms with Crippen molar-refractivity contribution >= 4 is 5.82 Å². The molecule has 0 bridgehead atoms. The molecular weight excluding hydrogens is 358 g/mol. The van der Waals surface area contributed by atoms with Crippen LogP contribution in [-0.4, -0.2) is 23.4 Å². The average molecular weight is 390 g/mol. The Bertz CT molecular complexity index is 957. The number of hydrogen-bond acceptors (Lipinski definition) is 3. The van der Waals surface area contributed by atoms with Crippen LogP contribution in [0.25, 0.3) is 5.69 Å². The summed E-state index contributed by atoms with van der Waals surface area (Å²) in [6.07, 6.45) is 5.46. The normalized spacial score (nSPS) is 13.7. The van der Waals surface area contributed by atoms with Gasteiger partial charge in [-0.05, 0) is 67.3 Å². The standard InChI is InChI=1S/C25H31N3O/c1-18(2)21-8-4-5-10-24(21)28-25-22(9-6-7-17-26-25)23(27-28)16-13-19-11-14-20(29-3)15-12-19/h4-5,8,10-12,14-15,18,26H,6-7,9,13,16-17H2,1-3H3. The Kier molecular flexibility index (Phi) is 5.89. The number of methoxy groups -OCH3 is 1. The van der Waals surface area contributed by atoms with Crippen LogP contribution in [0.2, 0.25) is 0 Å². The number of hydrogen-bond donors (Lipinski definition) is 1. The number of rotatable bonds is 6. The molecule has 1 aromatic heterocycles. The smallest absolute Gasteiger partial charge is 0.133 e. The SMILES string of the molecule is COc1ccc(CCc2nn(-c3ccccc3C(C)C)c3c2CCCCN3)cc1. The summed E-state index contributed by atoms with van der Waals surface area (Å²) in [5, 5.41) is 8.80. The maximum absolute atomic E-state index is 5.28. The van der Waals surface area contributed by atoms with E-state index in [1.807, 2.05) is 12.1 Å². The van der Waals surface area contributed by atoms with E-state index in [-0.39, 0.29) is 0 Å². The fraction of sp³-hybridized carbons (Fsp3) is 0.400. The minimum atomic E-state index is 0.458. The second-order valence-corrected chi connectivity index (χ2v) is 8.13. The van der Waals surface area contributed by atoms with Gasteiger partial charge in [0.05, 0.1) is 18.5 Å². The van der Waals surface area contributed by atoms with Crippen molar-refractivity contribution in [2.45, 2.75) is 51.9 Å². The molecule has 0 saturated carbocycles. The molecular formula is C25H31N3O. The van der Waals surface area contributed by atoms with E-state index in [0.29, 0.717) is 5.92 Å². The molecule has 0 unspecified atom stereocenters. The summed E-state index contributed by atoms with van der Waals surface area (Å²) in [5.74, 6) is 2.56. The molecule has 4 nitrogen and oxygen atoms in total. The number of aryl methyl sites for hydroxylation is 2. The van der Waals surface area contributed by atoms with Crippen LogP contribution in [0, 0.1) is 0 Å². The number of aromatic nitrogens is 2. The van der Waals surface area contributed by atoms with Gasteiger partial charge in [-0.25, -0.2) is 4.68 Å². The third-order valence-corrected chi connectivity index (χ3v) is 5.81. The van der Waals surface area contributed by atoms with Crippen molar-refractivity contribution in [3.05, 3.63) is 70.9 Å². The molecule has 0 radical (unpaired) electrons. The Balaban J connectivity index is 1.68. The molecule has 1 aliphatic heterocycles. The number of fused-ring (bicyclic) bond motifs is 1. The molecule has 1 aliphatic rings. The van der Waals surface area contributed by atoms with Gasteiger partial charge in [-0.3, -0.25) is 0 Å². The van der Waals surface area contributed by atoms with Crippen LogP contribution in [0.3, 0.4) is 0 Å². The third-order valence-electron chi connectivity index (χ3n) is 5.81. The zero-order chi connectivity index (χ0) is 20.2. The highest BCUT2D eigenvalue weighted by Crippen LogP contribution is 2.32. The van der Waals surface area contributed by atoms with Gasteiger partial charge < -0.3 is 10.1 Å². The summed E-state index contributed by atoms with van der Waals surface area (Å²) in [6.45, 7) is 5.51. The molecule has 4 rings (SSSR count). The molecule has 0 amide bonds. The first-order valence-electron chi connectivity index (χ1n) is 10.7. The molecule has 0 fully saturated rings. The molecule has 2 heterocycles. The molecule has 152 valence electrons. The van der Waals surface area contributed by atoms with Gasteiger partial charge in [0.25, 0.3) is 0 Å². The van der Waals surface area contributed by atoms with Crippen molar-refractivity contribution in [2.75, 3.05) is 19.0 Å². The lowest BCUT2D eigenvalue weighted by Gasteiger charge is -2.15. The molecule has 2 aromatic carbocycles. The number of benzene rings is 2. The van der Waals surface area contributed by atoms with E-state index >= 15 is 0 Å². The second-order valence-electron chi connectivity index (χ2n) is 8.13. The average Bonchev–Trinajstić information content (AvgIpc) is 2.92. The number of para-hydroxylation sites is 1. The third kappa shape index (κ3) is 4.16. The number of nitrogens with zero attached hydrogens (tertiary/aromatic N) is 2. The second kappa shape index (κ2) is 8.73.